The predicted molar refractivity (Wildman–Crippen MR) is 68.6 cm³/mol. The molecule has 1 aromatic carbocycles. The van der Waals surface area contributed by atoms with Gasteiger partial charge in [0.15, 0.2) is 11.6 Å². The van der Waals surface area contributed by atoms with E-state index in [0.717, 1.165) is 12.1 Å². The molecule has 1 saturated heterocycles. The van der Waals surface area contributed by atoms with E-state index in [-0.39, 0.29) is 32.0 Å². The number of carboxylic acid groups (broad SMARTS) is 1. The van der Waals surface area contributed by atoms with Crippen molar-refractivity contribution in [2.45, 2.75) is 18.9 Å². The van der Waals surface area contributed by atoms with Crippen molar-refractivity contribution in [3.05, 3.63) is 35.4 Å². The maximum atomic E-state index is 13.0. The van der Waals surface area contributed by atoms with Crippen molar-refractivity contribution in [1.82, 2.24) is 5.32 Å². The summed E-state index contributed by atoms with van der Waals surface area (Å²) in [6.07, 6.45) is 0.308. The molecule has 21 heavy (non-hydrogen) atoms. The van der Waals surface area contributed by atoms with Crippen LogP contribution in [0.2, 0.25) is 0 Å². The minimum atomic E-state index is -1.02. The molecule has 0 saturated carbocycles. The standard InChI is InChI=1S/C14H15F2NO4/c15-10-3-1-8(5-11(10)16)2-4-13(18)17-12-7-21-6-9(12)14(19)20/h1,3,5,9,12H,2,4,6-7H2,(H,17,18)(H,19,20). The normalized spacial score (nSPS) is 21.2. The number of carboxylic acids is 1. The molecule has 0 spiro atoms. The number of aliphatic carboxylic acids is 1. The first-order valence-electron chi connectivity index (χ1n) is 6.51. The zero-order chi connectivity index (χ0) is 15.4. The van der Waals surface area contributed by atoms with E-state index in [2.05, 4.69) is 5.32 Å². The van der Waals surface area contributed by atoms with E-state index in [1.54, 1.807) is 0 Å². The Morgan fingerprint density at radius 3 is 2.71 bits per heavy atom. The summed E-state index contributed by atoms with van der Waals surface area (Å²) in [4.78, 5) is 22.7. The predicted octanol–water partition coefficient (Wildman–Crippen LogP) is 1.11. The number of carbonyl (C=O) groups excluding carboxylic acids is 1. The average Bonchev–Trinajstić information content (AvgIpc) is 2.88. The highest BCUT2D eigenvalue weighted by molar-refractivity contribution is 5.78. The van der Waals surface area contributed by atoms with Crippen molar-refractivity contribution in [3.63, 3.8) is 0 Å². The first-order chi connectivity index (χ1) is 9.97. The molecule has 0 aromatic heterocycles. The van der Waals surface area contributed by atoms with E-state index in [1.165, 1.54) is 6.07 Å². The summed E-state index contributed by atoms with van der Waals surface area (Å²) < 4.78 is 30.8. The molecule has 2 atom stereocenters. The molecule has 1 aromatic rings. The van der Waals surface area contributed by atoms with Crippen LogP contribution in [0, 0.1) is 17.6 Å². The van der Waals surface area contributed by atoms with E-state index in [4.69, 9.17) is 9.84 Å². The van der Waals surface area contributed by atoms with Crippen molar-refractivity contribution in [3.8, 4) is 0 Å². The zero-order valence-corrected chi connectivity index (χ0v) is 11.1. The lowest BCUT2D eigenvalue weighted by molar-refractivity contribution is -0.142. The van der Waals surface area contributed by atoms with Crippen LogP contribution in [0.1, 0.15) is 12.0 Å². The fourth-order valence-electron chi connectivity index (χ4n) is 2.17. The number of nitrogens with one attached hydrogen (secondary N) is 1. The highest BCUT2D eigenvalue weighted by atomic mass is 19.2. The van der Waals surface area contributed by atoms with Crippen LogP contribution in [0.3, 0.4) is 0 Å². The van der Waals surface area contributed by atoms with Gasteiger partial charge in [0, 0.05) is 6.42 Å². The van der Waals surface area contributed by atoms with Gasteiger partial charge < -0.3 is 15.2 Å². The molecule has 1 amide bonds. The Kier molecular flexibility index (Phi) is 4.85. The molecule has 1 fully saturated rings. The van der Waals surface area contributed by atoms with Crippen LogP contribution < -0.4 is 5.32 Å². The molecule has 2 unspecified atom stereocenters. The van der Waals surface area contributed by atoms with Crippen LogP contribution in [0.5, 0.6) is 0 Å². The molecule has 5 nitrogen and oxygen atoms in total. The molecular formula is C14H15F2NO4. The van der Waals surface area contributed by atoms with Gasteiger partial charge in [-0.05, 0) is 24.1 Å². The second-order valence-electron chi connectivity index (χ2n) is 4.90. The summed E-state index contributed by atoms with van der Waals surface area (Å²) >= 11 is 0. The number of carbonyl (C=O) groups is 2. The van der Waals surface area contributed by atoms with Gasteiger partial charge in [0.25, 0.3) is 0 Å². The summed E-state index contributed by atoms with van der Waals surface area (Å²) in [5.74, 6) is -4.00. The monoisotopic (exact) mass is 299 g/mol. The maximum absolute atomic E-state index is 13.0. The zero-order valence-electron chi connectivity index (χ0n) is 11.1. The first kappa shape index (κ1) is 15.4. The Morgan fingerprint density at radius 1 is 1.29 bits per heavy atom. The van der Waals surface area contributed by atoms with E-state index >= 15 is 0 Å². The maximum Gasteiger partial charge on any atom is 0.311 e. The van der Waals surface area contributed by atoms with E-state index in [0.29, 0.717) is 5.56 Å². The third-order valence-corrected chi connectivity index (χ3v) is 3.37. The third-order valence-electron chi connectivity index (χ3n) is 3.37. The Balaban J connectivity index is 1.84. The molecule has 1 aliphatic rings. The molecule has 114 valence electrons. The number of rotatable bonds is 5. The number of amides is 1. The van der Waals surface area contributed by atoms with E-state index in [9.17, 15) is 18.4 Å². The number of benzene rings is 1. The third kappa shape index (κ3) is 3.98. The van der Waals surface area contributed by atoms with Crippen LogP contribution in [-0.2, 0) is 20.7 Å². The van der Waals surface area contributed by atoms with Gasteiger partial charge in [-0.2, -0.15) is 0 Å². The Morgan fingerprint density at radius 2 is 2.05 bits per heavy atom. The summed E-state index contributed by atoms with van der Waals surface area (Å²) in [5.41, 5.74) is 0.501. The van der Waals surface area contributed by atoms with Gasteiger partial charge in [-0.25, -0.2) is 8.78 Å². The Bertz CT molecular complexity index is 550. The summed E-state index contributed by atoms with van der Waals surface area (Å²) in [6.45, 7) is 0.233. The number of halogens is 2. The van der Waals surface area contributed by atoms with Crippen LogP contribution >= 0.6 is 0 Å². The van der Waals surface area contributed by atoms with Crippen molar-refractivity contribution in [1.29, 1.82) is 0 Å². The van der Waals surface area contributed by atoms with Crippen molar-refractivity contribution in [2.24, 2.45) is 5.92 Å². The van der Waals surface area contributed by atoms with Gasteiger partial charge in [-0.3, -0.25) is 9.59 Å². The molecule has 1 aliphatic heterocycles. The van der Waals surface area contributed by atoms with Gasteiger partial charge in [0.1, 0.15) is 5.92 Å². The Hall–Kier alpha value is -2.02. The highest BCUT2D eigenvalue weighted by Gasteiger charge is 2.34. The second-order valence-corrected chi connectivity index (χ2v) is 4.90. The fraction of sp³-hybridized carbons (Fsp3) is 0.429. The van der Waals surface area contributed by atoms with E-state index in [1.807, 2.05) is 0 Å². The van der Waals surface area contributed by atoms with Gasteiger partial charge in [-0.15, -0.1) is 0 Å². The lowest BCUT2D eigenvalue weighted by Crippen LogP contribution is -2.42. The smallest absolute Gasteiger partial charge is 0.311 e. The fourth-order valence-corrected chi connectivity index (χ4v) is 2.17. The van der Waals surface area contributed by atoms with Gasteiger partial charge in [-0.1, -0.05) is 6.07 Å². The van der Waals surface area contributed by atoms with Crippen molar-refractivity contribution >= 4 is 11.9 Å². The second kappa shape index (κ2) is 6.62. The molecule has 1 heterocycles. The highest BCUT2D eigenvalue weighted by Crippen LogP contribution is 2.15. The minimum Gasteiger partial charge on any atom is -0.481 e. The van der Waals surface area contributed by atoms with Crippen LogP contribution in [-0.4, -0.2) is 36.2 Å². The number of ether oxygens (including phenoxy) is 1. The topological polar surface area (TPSA) is 75.6 Å². The number of hydrogen-bond acceptors (Lipinski definition) is 3. The number of aryl methyl sites for hydroxylation is 1. The van der Waals surface area contributed by atoms with Crippen LogP contribution in [0.4, 0.5) is 8.78 Å². The van der Waals surface area contributed by atoms with Crippen LogP contribution in [0.15, 0.2) is 18.2 Å². The summed E-state index contributed by atoms with van der Waals surface area (Å²) in [7, 11) is 0. The molecule has 0 radical (unpaired) electrons. The van der Waals surface area contributed by atoms with Crippen LogP contribution in [0.25, 0.3) is 0 Å². The van der Waals surface area contributed by atoms with E-state index < -0.39 is 29.6 Å². The average molecular weight is 299 g/mol. The van der Waals surface area contributed by atoms with Gasteiger partial charge in [0.05, 0.1) is 19.3 Å². The van der Waals surface area contributed by atoms with Gasteiger partial charge in [0.2, 0.25) is 5.91 Å². The lowest BCUT2D eigenvalue weighted by Gasteiger charge is -2.15. The summed E-state index contributed by atoms with van der Waals surface area (Å²) in [5, 5.41) is 11.5. The van der Waals surface area contributed by atoms with Gasteiger partial charge >= 0.3 is 5.97 Å². The van der Waals surface area contributed by atoms with Crippen molar-refractivity contribution < 1.29 is 28.2 Å². The molecule has 2 N–H and O–H groups in total. The molecule has 0 aliphatic carbocycles. The lowest BCUT2D eigenvalue weighted by atomic mass is 10.0. The minimum absolute atomic E-state index is 0.0634. The van der Waals surface area contributed by atoms with Crippen molar-refractivity contribution in [2.75, 3.05) is 13.2 Å². The molecule has 7 heteroatoms. The SMILES string of the molecule is O=C(CCc1ccc(F)c(F)c1)NC1COCC1C(=O)O. The number of hydrogen-bond donors (Lipinski definition) is 2. The largest absolute Gasteiger partial charge is 0.481 e. The molecule has 0 bridgehead atoms. The summed E-state index contributed by atoms with van der Waals surface area (Å²) in [6, 6.07) is 2.90. The molecular weight excluding hydrogens is 284 g/mol. The first-order valence-corrected chi connectivity index (χ1v) is 6.51. The Labute approximate surface area is 119 Å². The quantitative estimate of drug-likeness (QED) is 0.854. The molecule has 2 rings (SSSR count).